The van der Waals surface area contributed by atoms with Crippen molar-refractivity contribution in [3.63, 3.8) is 0 Å². The lowest BCUT2D eigenvalue weighted by Crippen LogP contribution is -2.48. The van der Waals surface area contributed by atoms with Crippen molar-refractivity contribution in [1.29, 1.82) is 0 Å². The number of piperazine rings is 1. The molecular weight excluding hydrogens is 455 g/mol. The van der Waals surface area contributed by atoms with Crippen molar-refractivity contribution in [3.8, 4) is 0 Å². The zero-order chi connectivity index (χ0) is 23.6. The Morgan fingerprint density at radius 2 is 1.48 bits per heavy atom. The summed E-state index contributed by atoms with van der Waals surface area (Å²) < 4.78 is 68.9. The first-order chi connectivity index (χ1) is 15.8. The lowest BCUT2D eigenvalue weighted by Gasteiger charge is -2.35. The number of carbonyl (C=O) groups excluding carboxylic acids is 1. The van der Waals surface area contributed by atoms with Gasteiger partial charge in [0.05, 0.1) is 16.1 Å². The fourth-order valence-corrected chi connectivity index (χ4v) is 5.05. The van der Waals surface area contributed by atoms with E-state index in [1.165, 1.54) is 22.5 Å². The molecule has 4 rings (SSSR count). The lowest BCUT2D eigenvalue weighted by molar-refractivity contribution is 0.102. The van der Waals surface area contributed by atoms with Gasteiger partial charge in [-0.1, -0.05) is 12.1 Å². The highest BCUT2D eigenvalue weighted by Gasteiger charge is 2.30. The van der Waals surface area contributed by atoms with Crippen LogP contribution in [-0.2, 0) is 10.0 Å². The fourth-order valence-electron chi connectivity index (χ4n) is 3.60. The molecule has 1 aliphatic heterocycles. The van der Waals surface area contributed by atoms with Crippen LogP contribution in [0.4, 0.5) is 24.5 Å². The summed E-state index contributed by atoms with van der Waals surface area (Å²) in [7, 11) is -4.01. The highest BCUT2D eigenvalue weighted by atomic mass is 32.2. The number of hydrogen-bond acceptors (Lipinski definition) is 4. The number of sulfonamides is 1. The predicted octanol–water partition coefficient (Wildman–Crippen LogP) is 3.87. The summed E-state index contributed by atoms with van der Waals surface area (Å²) in [6, 6.07) is 14.1. The average Bonchev–Trinajstić information content (AvgIpc) is 2.81. The van der Waals surface area contributed by atoms with Gasteiger partial charge in [-0.25, -0.2) is 21.6 Å². The van der Waals surface area contributed by atoms with Crippen LogP contribution in [0.5, 0.6) is 0 Å². The van der Waals surface area contributed by atoms with E-state index in [0.29, 0.717) is 5.69 Å². The molecule has 0 radical (unpaired) electrons. The van der Waals surface area contributed by atoms with E-state index < -0.39 is 33.1 Å². The first kappa shape index (κ1) is 22.8. The molecule has 1 saturated heterocycles. The van der Waals surface area contributed by atoms with Crippen LogP contribution in [-0.4, -0.2) is 44.8 Å². The van der Waals surface area contributed by atoms with E-state index >= 15 is 0 Å². The molecule has 0 saturated carbocycles. The van der Waals surface area contributed by atoms with E-state index in [2.05, 4.69) is 5.32 Å². The third kappa shape index (κ3) is 4.86. The number of carbonyl (C=O) groups is 1. The van der Waals surface area contributed by atoms with Gasteiger partial charge in [0.1, 0.15) is 17.5 Å². The van der Waals surface area contributed by atoms with E-state index in [0.717, 1.165) is 30.3 Å². The van der Waals surface area contributed by atoms with Crippen LogP contribution < -0.4 is 10.2 Å². The van der Waals surface area contributed by atoms with Crippen LogP contribution in [0.2, 0.25) is 0 Å². The molecule has 3 aromatic carbocycles. The van der Waals surface area contributed by atoms with Crippen molar-refractivity contribution in [1.82, 2.24) is 4.31 Å². The van der Waals surface area contributed by atoms with Crippen LogP contribution in [0.25, 0.3) is 0 Å². The van der Waals surface area contributed by atoms with Crippen molar-refractivity contribution in [2.45, 2.75) is 4.90 Å². The Morgan fingerprint density at radius 3 is 2.15 bits per heavy atom. The first-order valence-corrected chi connectivity index (χ1v) is 11.6. The molecule has 1 heterocycles. The molecule has 3 aromatic rings. The second-order valence-corrected chi connectivity index (χ2v) is 9.38. The van der Waals surface area contributed by atoms with E-state index in [4.69, 9.17) is 0 Å². The molecule has 1 aliphatic rings. The van der Waals surface area contributed by atoms with Gasteiger partial charge in [-0.05, 0) is 54.6 Å². The smallest absolute Gasteiger partial charge is 0.258 e. The molecule has 0 bridgehead atoms. The number of halogens is 3. The molecule has 1 fully saturated rings. The highest BCUT2D eigenvalue weighted by Crippen LogP contribution is 2.25. The molecule has 1 amide bonds. The van der Waals surface area contributed by atoms with Gasteiger partial charge in [0, 0.05) is 31.9 Å². The van der Waals surface area contributed by atoms with Gasteiger partial charge in [0.2, 0.25) is 10.0 Å². The van der Waals surface area contributed by atoms with Crippen molar-refractivity contribution in [3.05, 3.63) is 89.7 Å². The second-order valence-electron chi connectivity index (χ2n) is 7.45. The molecule has 0 spiro atoms. The topological polar surface area (TPSA) is 69.7 Å². The van der Waals surface area contributed by atoms with E-state index in [9.17, 15) is 26.4 Å². The van der Waals surface area contributed by atoms with Gasteiger partial charge in [-0.15, -0.1) is 0 Å². The summed E-state index contributed by atoms with van der Waals surface area (Å²) in [5, 5.41) is 2.42. The van der Waals surface area contributed by atoms with Gasteiger partial charge < -0.3 is 10.2 Å². The third-order valence-corrected chi connectivity index (χ3v) is 7.25. The van der Waals surface area contributed by atoms with Crippen LogP contribution >= 0.6 is 0 Å². The van der Waals surface area contributed by atoms with Crippen LogP contribution in [0.15, 0.2) is 71.6 Å². The largest absolute Gasteiger partial charge is 0.367 e. The molecule has 33 heavy (non-hydrogen) atoms. The van der Waals surface area contributed by atoms with Crippen molar-refractivity contribution < 1.29 is 26.4 Å². The SMILES string of the molecule is O=C(Nc1ccc(F)cc1)c1cc(S(=O)(=O)N2CCN(c3ccccc3F)CC2)ccc1F. The van der Waals surface area contributed by atoms with Gasteiger partial charge in [-0.2, -0.15) is 4.31 Å². The Morgan fingerprint density at radius 1 is 0.818 bits per heavy atom. The molecule has 6 nitrogen and oxygen atoms in total. The number of para-hydroxylation sites is 1. The normalized spacial score (nSPS) is 14.8. The minimum Gasteiger partial charge on any atom is -0.367 e. The minimum atomic E-state index is -4.01. The molecule has 0 aromatic heterocycles. The standard InChI is InChI=1S/C23H20F3N3O3S/c24-16-5-7-17(8-6-16)27-23(30)19-15-18(9-10-20(19)25)33(31,32)29-13-11-28(12-14-29)22-4-2-1-3-21(22)26/h1-10,15H,11-14H2,(H,27,30). The number of benzene rings is 3. The number of rotatable bonds is 5. The maximum Gasteiger partial charge on any atom is 0.258 e. The van der Waals surface area contributed by atoms with E-state index in [-0.39, 0.29) is 42.6 Å². The number of nitrogens with zero attached hydrogens (tertiary/aromatic N) is 2. The van der Waals surface area contributed by atoms with Crippen molar-refractivity contribution >= 4 is 27.3 Å². The Balaban J connectivity index is 1.51. The van der Waals surface area contributed by atoms with Gasteiger partial charge >= 0.3 is 0 Å². The number of nitrogens with one attached hydrogen (secondary N) is 1. The van der Waals surface area contributed by atoms with Gasteiger partial charge in [0.25, 0.3) is 5.91 Å². The quantitative estimate of drug-likeness (QED) is 0.609. The summed E-state index contributed by atoms with van der Waals surface area (Å²) >= 11 is 0. The first-order valence-electron chi connectivity index (χ1n) is 10.1. The Bertz CT molecular complexity index is 1280. The van der Waals surface area contributed by atoms with E-state index in [1.807, 2.05) is 0 Å². The summed E-state index contributed by atoms with van der Waals surface area (Å²) in [5.41, 5.74) is 0.180. The highest BCUT2D eigenvalue weighted by molar-refractivity contribution is 7.89. The Labute approximate surface area is 189 Å². The zero-order valence-electron chi connectivity index (χ0n) is 17.3. The molecule has 0 atom stereocenters. The molecule has 10 heteroatoms. The molecule has 0 aliphatic carbocycles. The summed E-state index contributed by atoms with van der Waals surface area (Å²) in [6.45, 7) is 0.759. The lowest BCUT2D eigenvalue weighted by atomic mass is 10.2. The van der Waals surface area contributed by atoms with Crippen LogP contribution in [0, 0.1) is 17.5 Å². The Kier molecular flexibility index (Phi) is 6.39. The van der Waals surface area contributed by atoms with Crippen molar-refractivity contribution in [2.75, 3.05) is 36.4 Å². The molecule has 172 valence electrons. The maximum absolute atomic E-state index is 14.3. The van der Waals surface area contributed by atoms with Crippen molar-refractivity contribution in [2.24, 2.45) is 0 Å². The number of anilines is 2. The number of amides is 1. The zero-order valence-corrected chi connectivity index (χ0v) is 18.2. The Hall–Kier alpha value is -3.37. The third-order valence-electron chi connectivity index (χ3n) is 5.35. The molecule has 0 unspecified atom stereocenters. The monoisotopic (exact) mass is 475 g/mol. The van der Waals surface area contributed by atoms with Gasteiger partial charge in [-0.3, -0.25) is 4.79 Å². The maximum atomic E-state index is 14.3. The van der Waals surface area contributed by atoms with Crippen LogP contribution in [0.3, 0.4) is 0 Å². The second kappa shape index (κ2) is 9.24. The predicted molar refractivity (Wildman–Crippen MR) is 118 cm³/mol. The van der Waals surface area contributed by atoms with Gasteiger partial charge in [0.15, 0.2) is 0 Å². The average molecular weight is 475 g/mol. The molecule has 1 N–H and O–H groups in total. The fraction of sp³-hybridized carbons (Fsp3) is 0.174. The van der Waals surface area contributed by atoms with Crippen LogP contribution in [0.1, 0.15) is 10.4 Å². The molecular formula is C23H20F3N3O3S. The number of hydrogen-bond donors (Lipinski definition) is 1. The van der Waals surface area contributed by atoms with E-state index in [1.54, 1.807) is 23.1 Å². The summed E-state index contributed by atoms with van der Waals surface area (Å²) in [6.07, 6.45) is 0. The minimum absolute atomic E-state index is 0.102. The summed E-state index contributed by atoms with van der Waals surface area (Å²) in [5.74, 6) is -2.63. The summed E-state index contributed by atoms with van der Waals surface area (Å²) in [4.78, 5) is 14.0.